The molecule has 1 saturated heterocycles. The van der Waals surface area contributed by atoms with E-state index in [0.29, 0.717) is 5.92 Å². The van der Waals surface area contributed by atoms with Crippen LogP contribution < -0.4 is 5.32 Å². The molecule has 94 valence electrons. The van der Waals surface area contributed by atoms with Crippen LogP contribution in [0.25, 0.3) is 11.4 Å². The van der Waals surface area contributed by atoms with Crippen LogP contribution in [0.3, 0.4) is 0 Å². The Kier molecular flexibility index (Phi) is 3.11. The van der Waals surface area contributed by atoms with Crippen LogP contribution in [0.15, 0.2) is 24.4 Å². The molecule has 1 atom stereocenters. The van der Waals surface area contributed by atoms with E-state index in [0.717, 1.165) is 42.4 Å². The molecule has 4 nitrogen and oxygen atoms in total. The Hall–Kier alpha value is -1.68. The molecule has 2 N–H and O–H groups in total. The Morgan fingerprint density at radius 2 is 2.33 bits per heavy atom. The highest BCUT2D eigenvalue weighted by Crippen LogP contribution is 2.21. The molecular formula is C14H18N4. The smallest absolute Gasteiger partial charge is 0.110 e. The zero-order valence-corrected chi connectivity index (χ0v) is 10.6. The van der Waals surface area contributed by atoms with Crippen LogP contribution in [0.2, 0.25) is 0 Å². The first-order chi connectivity index (χ1) is 8.83. The third-order valence-corrected chi connectivity index (χ3v) is 3.49. The van der Waals surface area contributed by atoms with Crippen LogP contribution in [0.4, 0.5) is 0 Å². The van der Waals surface area contributed by atoms with E-state index in [-0.39, 0.29) is 0 Å². The Balaban J connectivity index is 1.82. The van der Waals surface area contributed by atoms with Crippen LogP contribution in [0, 0.1) is 12.8 Å². The lowest BCUT2D eigenvalue weighted by Crippen LogP contribution is -2.11. The molecule has 1 unspecified atom stereocenters. The Labute approximate surface area is 107 Å². The molecule has 0 spiro atoms. The molecule has 4 heteroatoms. The van der Waals surface area contributed by atoms with Crippen LogP contribution in [0.1, 0.15) is 17.9 Å². The number of hydrogen-bond acceptors (Lipinski definition) is 3. The molecule has 0 aliphatic carbocycles. The summed E-state index contributed by atoms with van der Waals surface area (Å²) in [5.41, 5.74) is 3.04. The molecule has 0 bridgehead atoms. The highest BCUT2D eigenvalue weighted by molar-refractivity contribution is 5.56. The molecule has 0 amide bonds. The molecule has 3 rings (SSSR count). The number of aromatic nitrogens is 3. The van der Waals surface area contributed by atoms with Crippen molar-refractivity contribution in [2.75, 3.05) is 13.1 Å². The number of rotatable bonds is 3. The predicted molar refractivity (Wildman–Crippen MR) is 71.2 cm³/mol. The minimum Gasteiger partial charge on any atom is -0.346 e. The van der Waals surface area contributed by atoms with Crippen molar-refractivity contribution in [2.24, 2.45) is 5.92 Å². The Morgan fingerprint density at radius 1 is 1.39 bits per heavy atom. The maximum atomic E-state index is 4.70. The molecule has 3 heterocycles. The average molecular weight is 242 g/mol. The maximum absolute atomic E-state index is 4.70. The summed E-state index contributed by atoms with van der Waals surface area (Å²) in [6, 6.07) is 5.93. The fraction of sp³-hybridized carbons (Fsp3) is 0.429. The van der Waals surface area contributed by atoms with E-state index in [4.69, 9.17) is 4.98 Å². The van der Waals surface area contributed by atoms with Gasteiger partial charge in [-0.1, -0.05) is 6.07 Å². The van der Waals surface area contributed by atoms with Crippen molar-refractivity contribution >= 4 is 0 Å². The monoisotopic (exact) mass is 242 g/mol. The first kappa shape index (κ1) is 11.4. The van der Waals surface area contributed by atoms with Crippen LogP contribution in [-0.4, -0.2) is 28.0 Å². The summed E-state index contributed by atoms with van der Waals surface area (Å²) in [5.74, 6) is 1.80. The van der Waals surface area contributed by atoms with E-state index in [1.54, 1.807) is 0 Å². The van der Waals surface area contributed by atoms with Gasteiger partial charge in [0, 0.05) is 18.3 Å². The quantitative estimate of drug-likeness (QED) is 0.864. The van der Waals surface area contributed by atoms with Gasteiger partial charge in [0.15, 0.2) is 0 Å². The van der Waals surface area contributed by atoms with Gasteiger partial charge >= 0.3 is 0 Å². The van der Waals surface area contributed by atoms with Crippen molar-refractivity contribution in [3.63, 3.8) is 0 Å². The van der Waals surface area contributed by atoms with Gasteiger partial charge in [0.2, 0.25) is 0 Å². The number of pyridine rings is 1. The van der Waals surface area contributed by atoms with E-state index in [9.17, 15) is 0 Å². The van der Waals surface area contributed by atoms with Gasteiger partial charge in [-0.25, -0.2) is 4.98 Å². The van der Waals surface area contributed by atoms with Gasteiger partial charge in [-0.3, -0.25) is 4.98 Å². The summed E-state index contributed by atoms with van der Waals surface area (Å²) < 4.78 is 0. The minimum atomic E-state index is 0.715. The lowest BCUT2D eigenvalue weighted by Gasteiger charge is -2.04. The lowest BCUT2D eigenvalue weighted by molar-refractivity contribution is 0.564. The molecular weight excluding hydrogens is 224 g/mol. The highest BCUT2D eigenvalue weighted by Gasteiger charge is 2.18. The second-order valence-corrected chi connectivity index (χ2v) is 4.94. The summed E-state index contributed by atoms with van der Waals surface area (Å²) >= 11 is 0. The van der Waals surface area contributed by atoms with Gasteiger partial charge in [0.05, 0.1) is 5.69 Å². The molecule has 2 aromatic rings. The van der Waals surface area contributed by atoms with Crippen molar-refractivity contribution < 1.29 is 0 Å². The Morgan fingerprint density at radius 3 is 3.06 bits per heavy atom. The summed E-state index contributed by atoms with van der Waals surface area (Å²) in [7, 11) is 0. The maximum Gasteiger partial charge on any atom is 0.110 e. The number of H-pyrrole nitrogens is 1. The van der Waals surface area contributed by atoms with Gasteiger partial charge in [0.25, 0.3) is 0 Å². The van der Waals surface area contributed by atoms with Crippen molar-refractivity contribution in [1.29, 1.82) is 0 Å². The predicted octanol–water partition coefficient (Wildman–Crippen LogP) is 1.93. The number of aromatic amines is 1. The van der Waals surface area contributed by atoms with E-state index in [2.05, 4.69) is 22.2 Å². The Bertz CT molecular complexity index is 512. The molecule has 1 aliphatic rings. The molecule has 18 heavy (non-hydrogen) atoms. The van der Waals surface area contributed by atoms with E-state index in [1.807, 2.05) is 24.4 Å². The third-order valence-electron chi connectivity index (χ3n) is 3.49. The molecule has 1 fully saturated rings. The second-order valence-electron chi connectivity index (χ2n) is 4.94. The zero-order valence-electron chi connectivity index (χ0n) is 10.6. The SMILES string of the molecule is Cc1[nH]c(CC2CCNC2)nc1-c1ccccn1. The molecule has 2 aromatic heterocycles. The van der Waals surface area contributed by atoms with Gasteiger partial charge in [-0.15, -0.1) is 0 Å². The third kappa shape index (κ3) is 2.29. The second kappa shape index (κ2) is 4.90. The highest BCUT2D eigenvalue weighted by atomic mass is 15.0. The summed E-state index contributed by atoms with van der Waals surface area (Å²) in [6.45, 7) is 4.31. The molecule has 0 aromatic carbocycles. The van der Waals surface area contributed by atoms with Crippen LogP contribution in [-0.2, 0) is 6.42 Å². The summed E-state index contributed by atoms with van der Waals surface area (Å²) in [6.07, 6.45) is 4.09. The first-order valence-electron chi connectivity index (χ1n) is 6.50. The number of aryl methyl sites for hydroxylation is 1. The van der Waals surface area contributed by atoms with Crippen LogP contribution >= 0.6 is 0 Å². The van der Waals surface area contributed by atoms with Crippen LogP contribution in [0.5, 0.6) is 0 Å². The molecule has 0 radical (unpaired) electrons. The van der Waals surface area contributed by atoms with E-state index in [1.165, 1.54) is 6.42 Å². The topological polar surface area (TPSA) is 53.6 Å². The van der Waals surface area contributed by atoms with Gasteiger partial charge in [0.1, 0.15) is 11.5 Å². The van der Waals surface area contributed by atoms with Gasteiger partial charge < -0.3 is 10.3 Å². The first-order valence-corrected chi connectivity index (χ1v) is 6.50. The van der Waals surface area contributed by atoms with Gasteiger partial charge in [-0.2, -0.15) is 0 Å². The van der Waals surface area contributed by atoms with E-state index < -0.39 is 0 Å². The normalized spacial score (nSPS) is 19.3. The lowest BCUT2D eigenvalue weighted by atomic mass is 10.1. The molecule has 1 aliphatic heterocycles. The largest absolute Gasteiger partial charge is 0.346 e. The summed E-state index contributed by atoms with van der Waals surface area (Å²) in [4.78, 5) is 12.4. The number of imidazole rings is 1. The number of nitrogens with zero attached hydrogens (tertiary/aromatic N) is 2. The minimum absolute atomic E-state index is 0.715. The average Bonchev–Trinajstić information content (AvgIpc) is 3.01. The van der Waals surface area contributed by atoms with Gasteiger partial charge in [-0.05, 0) is 44.5 Å². The van der Waals surface area contributed by atoms with Crippen molar-refractivity contribution in [3.8, 4) is 11.4 Å². The zero-order chi connectivity index (χ0) is 12.4. The fourth-order valence-corrected chi connectivity index (χ4v) is 2.53. The number of hydrogen-bond donors (Lipinski definition) is 2. The van der Waals surface area contributed by atoms with Crippen molar-refractivity contribution in [1.82, 2.24) is 20.3 Å². The standard InChI is InChI=1S/C14H18N4/c1-10-14(12-4-2-3-6-16-12)18-13(17-10)8-11-5-7-15-9-11/h2-4,6,11,15H,5,7-9H2,1H3,(H,17,18). The fourth-order valence-electron chi connectivity index (χ4n) is 2.53. The molecule has 0 saturated carbocycles. The number of nitrogens with one attached hydrogen (secondary N) is 2. The summed E-state index contributed by atoms with van der Waals surface area (Å²) in [5, 5.41) is 3.39. The van der Waals surface area contributed by atoms with E-state index >= 15 is 0 Å². The van der Waals surface area contributed by atoms with Crippen molar-refractivity contribution in [3.05, 3.63) is 35.9 Å². The van der Waals surface area contributed by atoms with Crippen molar-refractivity contribution in [2.45, 2.75) is 19.8 Å².